The quantitative estimate of drug-likeness (QED) is 0.297. The number of hydrogen-bond donors (Lipinski definition) is 4. The normalized spacial score (nSPS) is 32.2. The first-order valence-corrected chi connectivity index (χ1v) is 15.4. The molecule has 0 aromatic carbocycles. The number of aromatic nitrogens is 3. The van der Waals surface area contributed by atoms with Crippen molar-refractivity contribution < 1.29 is 5.11 Å². The Bertz CT molecular complexity index is 1040. The molecule has 5 fully saturated rings. The molecule has 5 saturated carbocycles. The zero-order valence-electron chi connectivity index (χ0n) is 23.0. The molecule has 3 atom stereocenters. The number of rotatable bonds is 10. The Balaban J connectivity index is 1.13. The van der Waals surface area contributed by atoms with E-state index >= 15 is 0 Å². The van der Waals surface area contributed by atoms with Crippen LogP contribution in [0.4, 0.5) is 11.8 Å². The van der Waals surface area contributed by atoms with Crippen LogP contribution in [0.2, 0.25) is 0 Å². The molecule has 0 aliphatic heterocycles. The summed E-state index contributed by atoms with van der Waals surface area (Å²) in [6.07, 6.45) is 18.3. The third kappa shape index (κ3) is 6.15. The number of anilines is 2. The van der Waals surface area contributed by atoms with Crippen LogP contribution >= 0.6 is 0 Å². The molecule has 0 radical (unpaired) electrons. The first kappa shape index (κ1) is 26.0. The Kier molecular flexibility index (Phi) is 8.12. The maximum absolute atomic E-state index is 9.94. The maximum atomic E-state index is 9.94. The van der Waals surface area contributed by atoms with Crippen molar-refractivity contribution in [3.8, 4) is 11.3 Å². The number of nitrogens with one attached hydrogen (secondary N) is 3. The number of pyridine rings is 1. The van der Waals surface area contributed by atoms with Crippen molar-refractivity contribution >= 4 is 11.8 Å². The van der Waals surface area contributed by atoms with Gasteiger partial charge in [-0.05, 0) is 106 Å². The predicted octanol–water partition coefficient (Wildman–Crippen LogP) is 5.77. The van der Waals surface area contributed by atoms with Crippen molar-refractivity contribution in [2.75, 3.05) is 17.2 Å². The van der Waals surface area contributed by atoms with Gasteiger partial charge in [-0.2, -0.15) is 4.98 Å². The van der Waals surface area contributed by atoms with Gasteiger partial charge in [0.25, 0.3) is 0 Å². The maximum Gasteiger partial charge on any atom is 0.224 e. The Morgan fingerprint density at radius 1 is 0.895 bits per heavy atom. The number of aliphatic hydroxyl groups is 1. The van der Waals surface area contributed by atoms with Crippen LogP contribution in [0.5, 0.6) is 0 Å². The first-order valence-electron chi connectivity index (χ1n) is 15.4. The second kappa shape index (κ2) is 11.9. The lowest BCUT2D eigenvalue weighted by Crippen LogP contribution is -2.37. The van der Waals surface area contributed by atoms with E-state index in [0.717, 1.165) is 92.4 Å². The molecule has 5 aliphatic rings. The zero-order valence-corrected chi connectivity index (χ0v) is 23.0. The van der Waals surface area contributed by atoms with Crippen molar-refractivity contribution in [3.63, 3.8) is 0 Å². The topological polar surface area (TPSA) is 95.0 Å². The highest BCUT2D eigenvalue weighted by Gasteiger charge is 2.43. The molecule has 206 valence electrons. The van der Waals surface area contributed by atoms with Crippen LogP contribution < -0.4 is 16.0 Å². The second-order valence-electron chi connectivity index (χ2n) is 12.7. The molecule has 7 nitrogen and oxygen atoms in total. The van der Waals surface area contributed by atoms with Crippen molar-refractivity contribution in [1.29, 1.82) is 0 Å². The minimum Gasteiger partial charge on any atom is -0.393 e. The average molecular weight is 519 g/mol. The Hall–Kier alpha value is -2.25. The Labute approximate surface area is 228 Å². The third-order valence-corrected chi connectivity index (χ3v) is 9.74. The van der Waals surface area contributed by atoms with Gasteiger partial charge >= 0.3 is 0 Å². The number of fused-ring (bicyclic) bond motifs is 1. The van der Waals surface area contributed by atoms with Crippen molar-refractivity contribution in [2.45, 2.75) is 109 Å². The van der Waals surface area contributed by atoms with Gasteiger partial charge < -0.3 is 21.1 Å². The fraction of sp³-hybridized carbons (Fsp3) is 0.710. The average Bonchev–Trinajstić information content (AvgIpc) is 3.12. The molecule has 0 saturated heterocycles. The van der Waals surface area contributed by atoms with Gasteiger partial charge in [0.15, 0.2) is 0 Å². The van der Waals surface area contributed by atoms with E-state index in [4.69, 9.17) is 9.97 Å². The number of unbranched alkanes of at least 4 members (excludes halogenated alkanes) is 1. The van der Waals surface area contributed by atoms with Crippen LogP contribution in [0.25, 0.3) is 11.3 Å². The summed E-state index contributed by atoms with van der Waals surface area (Å²) < 4.78 is 0. The van der Waals surface area contributed by atoms with Gasteiger partial charge in [-0.15, -0.1) is 0 Å². The van der Waals surface area contributed by atoms with Gasteiger partial charge in [-0.1, -0.05) is 19.4 Å². The molecule has 4 N–H and O–H groups in total. The van der Waals surface area contributed by atoms with Crippen LogP contribution in [-0.2, 0) is 6.54 Å². The molecule has 4 bridgehead atoms. The standard InChI is InChI=1S/C31H46N6O/c1-2-3-10-32-31-35-19-27(30(37-31)36-25-5-7-26(38)8-6-25)28-9-4-20(17-33-28)18-34-29-16-23-12-21-11-22(13-23)15-24(29)14-21/h4,9,17,19,21-26,29,34,38H,2-3,5-8,10-16,18H2,1H3,(H2,32,35,36,37). The highest BCUT2D eigenvalue weighted by atomic mass is 16.3. The van der Waals surface area contributed by atoms with E-state index in [-0.39, 0.29) is 6.10 Å². The van der Waals surface area contributed by atoms with E-state index in [9.17, 15) is 5.11 Å². The first-order chi connectivity index (χ1) is 18.6. The molecule has 7 heteroatoms. The van der Waals surface area contributed by atoms with E-state index in [2.05, 4.69) is 40.0 Å². The lowest BCUT2D eigenvalue weighted by Gasteiger charge is -2.39. The van der Waals surface area contributed by atoms with Gasteiger partial charge in [-0.25, -0.2) is 4.98 Å². The second-order valence-corrected chi connectivity index (χ2v) is 12.7. The highest BCUT2D eigenvalue weighted by Crippen LogP contribution is 2.51. The summed E-state index contributed by atoms with van der Waals surface area (Å²) in [5.74, 6) is 5.32. The largest absolute Gasteiger partial charge is 0.393 e. The van der Waals surface area contributed by atoms with Crippen LogP contribution in [0.3, 0.4) is 0 Å². The van der Waals surface area contributed by atoms with Gasteiger partial charge in [0.2, 0.25) is 5.95 Å². The number of aliphatic hydroxyl groups excluding tert-OH is 1. The minimum absolute atomic E-state index is 0.171. The lowest BCUT2D eigenvalue weighted by molar-refractivity contribution is 0.126. The molecule has 3 unspecified atom stereocenters. The predicted molar refractivity (Wildman–Crippen MR) is 153 cm³/mol. The van der Waals surface area contributed by atoms with Crippen molar-refractivity contribution in [1.82, 2.24) is 20.3 Å². The van der Waals surface area contributed by atoms with E-state index in [0.29, 0.717) is 18.0 Å². The summed E-state index contributed by atoms with van der Waals surface area (Å²) >= 11 is 0. The summed E-state index contributed by atoms with van der Waals surface area (Å²) in [5, 5.41) is 20.9. The summed E-state index contributed by atoms with van der Waals surface area (Å²) in [5.41, 5.74) is 3.08. The molecule has 0 spiro atoms. The third-order valence-electron chi connectivity index (χ3n) is 9.74. The van der Waals surface area contributed by atoms with Crippen molar-refractivity contribution in [2.24, 2.45) is 23.7 Å². The van der Waals surface area contributed by atoms with E-state index in [1.165, 1.54) is 44.1 Å². The lowest BCUT2D eigenvalue weighted by atomic mass is 9.67. The summed E-state index contributed by atoms with van der Waals surface area (Å²) in [6, 6.07) is 5.31. The molecule has 2 aromatic heterocycles. The molecule has 7 rings (SSSR count). The molecule has 38 heavy (non-hydrogen) atoms. The van der Waals surface area contributed by atoms with Gasteiger partial charge in [0, 0.05) is 37.6 Å². The van der Waals surface area contributed by atoms with Crippen LogP contribution in [-0.4, -0.2) is 44.8 Å². The van der Waals surface area contributed by atoms with E-state index in [1.807, 2.05) is 12.4 Å². The van der Waals surface area contributed by atoms with E-state index < -0.39 is 0 Å². The number of hydrogen-bond acceptors (Lipinski definition) is 7. The molecule has 2 heterocycles. The Morgan fingerprint density at radius 2 is 1.66 bits per heavy atom. The van der Waals surface area contributed by atoms with Crippen molar-refractivity contribution in [3.05, 3.63) is 30.1 Å². The monoisotopic (exact) mass is 518 g/mol. The SMILES string of the molecule is CCCCNc1ncc(-c2ccc(CNC3CC4CC5CC(C4)CC3C5)cn2)c(NC2CCC(O)CC2)n1. The van der Waals surface area contributed by atoms with Crippen LogP contribution in [0.15, 0.2) is 24.5 Å². The number of nitrogens with zero attached hydrogens (tertiary/aromatic N) is 3. The smallest absolute Gasteiger partial charge is 0.224 e. The summed E-state index contributed by atoms with van der Waals surface area (Å²) in [6.45, 7) is 3.95. The molecule has 5 aliphatic carbocycles. The van der Waals surface area contributed by atoms with E-state index in [1.54, 1.807) is 0 Å². The summed E-state index contributed by atoms with van der Waals surface area (Å²) in [4.78, 5) is 14.3. The fourth-order valence-electron chi connectivity index (χ4n) is 7.86. The minimum atomic E-state index is -0.171. The van der Waals surface area contributed by atoms with Crippen LogP contribution in [0.1, 0.15) is 89.5 Å². The fourth-order valence-corrected chi connectivity index (χ4v) is 7.86. The summed E-state index contributed by atoms with van der Waals surface area (Å²) in [7, 11) is 0. The van der Waals surface area contributed by atoms with Gasteiger partial charge in [0.05, 0.1) is 17.4 Å². The van der Waals surface area contributed by atoms with Gasteiger partial charge in [0.1, 0.15) is 5.82 Å². The van der Waals surface area contributed by atoms with Gasteiger partial charge in [-0.3, -0.25) is 4.98 Å². The highest BCUT2D eigenvalue weighted by molar-refractivity contribution is 5.73. The Morgan fingerprint density at radius 3 is 2.37 bits per heavy atom. The molecular formula is C31H46N6O. The molecular weight excluding hydrogens is 472 g/mol. The molecule has 2 aromatic rings. The zero-order chi connectivity index (χ0) is 25.9. The van der Waals surface area contributed by atoms with Crippen LogP contribution in [0, 0.1) is 23.7 Å². The molecule has 0 amide bonds.